The number of amides is 1. The van der Waals surface area contributed by atoms with Crippen molar-refractivity contribution in [3.05, 3.63) is 24.3 Å². The first-order valence-corrected chi connectivity index (χ1v) is 36.6. The first-order chi connectivity index (χ1) is 42.1. The van der Waals surface area contributed by atoms with E-state index in [-0.39, 0.29) is 18.9 Å². The first-order valence-electron chi connectivity index (χ1n) is 36.6. The smallest absolute Gasteiger partial charge is 0.220 e. The van der Waals surface area contributed by atoms with Crippen molar-refractivity contribution < 1.29 is 64.6 Å². The minimum atomic E-state index is -1.79. The van der Waals surface area contributed by atoms with Gasteiger partial charge in [-0.25, -0.2) is 0 Å². The number of hydrogen-bond acceptors (Lipinski definition) is 13. The Hall–Kier alpha value is -1.53. The molecule has 0 bridgehead atoms. The second-order valence-electron chi connectivity index (χ2n) is 26.1. The highest BCUT2D eigenvalue weighted by Gasteiger charge is 2.51. The van der Waals surface area contributed by atoms with Crippen LogP contribution >= 0.6 is 0 Å². The number of aliphatic hydroxyl groups excluding tert-OH is 8. The Morgan fingerprint density at radius 3 is 1.14 bits per heavy atom. The van der Waals surface area contributed by atoms with Gasteiger partial charge in [-0.1, -0.05) is 321 Å². The molecule has 86 heavy (non-hydrogen) atoms. The quantitative estimate of drug-likeness (QED) is 0.0204. The number of rotatable bonds is 61. The first kappa shape index (κ1) is 80.6. The third-order valence-electron chi connectivity index (χ3n) is 18.1. The summed E-state index contributed by atoms with van der Waals surface area (Å²) in [4.78, 5) is 13.3. The van der Waals surface area contributed by atoms with Crippen molar-refractivity contribution in [2.45, 2.75) is 408 Å². The van der Waals surface area contributed by atoms with Crippen molar-refractivity contribution in [3.8, 4) is 0 Å². The van der Waals surface area contributed by atoms with Crippen LogP contribution in [0.1, 0.15) is 335 Å². The van der Waals surface area contributed by atoms with Gasteiger partial charge < -0.3 is 65.1 Å². The lowest BCUT2D eigenvalue weighted by Gasteiger charge is -2.46. The molecule has 2 heterocycles. The van der Waals surface area contributed by atoms with Crippen LogP contribution in [0.2, 0.25) is 0 Å². The molecule has 14 heteroatoms. The van der Waals surface area contributed by atoms with Gasteiger partial charge >= 0.3 is 0 Å². The number of ether oxygens (including phenoxy) is 4. The molecule has 2 rings (SSSR count). The van der Waals surface area contributed by atoms with Crippen molar-refractivity contribution >= 4 is 5.91 Å². The minimum absolute atomic E-state index is 0.242. The van der Waals surface area contributed by atoms with Gasteiger partial charge in [0.15, 0.2) is 12.6 Å². The SMILES string of the molecule is CCCCCCCCCCCCCCCCCCCCCCCCCCC/C=C/CC/C=C/C(O)C(COC1OC(CO)C(OC2OC(CO)C(O)C(O)C2O)C(O)C1O)NC(=O)CCCCCCCCCCCCCCCCCCCCCCC. The lowest BCUT2D eigenvalue weighted by molar-refractivity contribution is -0.359. The molecule has 0 aromatic rings. The van der Waals surface area contributed by atoms with E-state index >= 15 is 0 Å². The summed E-state index contributed by atoms with van der Waals surface area (Å²) in [6.45, 7) is 2.84. The molecule has 0 aromatic heterocycles. The predicted octanol–water partition coefficient (Wildman–Crippen LogP) is 15.1. The van der Waals surface area contributed by atoms with Gasteiger partial charge in [-0.2, -0.15) is 0 Å². The Morgan fingerprint density at radius 2 is 0.744 bits per heavy atom. The molecule has 0 radical (unpaired) electrons. The number of hydrogen-bond donors (Lipinski definition) is 9. The van der Waals surface area contributed by atoms with E-state index < -0.39 is 86.8 Å². The van der Waals surface area contributed by atoms with Gasteiger partial charge in [0.2, 0.25) is 5.91 Å². The summed E-state index contributed by atoms with van der Waals surface area (Å²) < 4.78 is 22.9. The lowest BCUT2D eigenvalue weighted by Crippen LogP contribution is -2.65. The Labute approximate surface area is 526 Å². The molecule has 14 nitrogen and oxygen atoms in total. The van der Waals surface area contributed by atoms with Crippen molar-refractivity contribution in [2.75, 3.05) is 19.8 Å². The maximum Gasteiger partial charge on any atom is 0.220 e. The van der Waals surface area contributed by atoms with Gasteiger partial charge in [0.25, 0.3) is 0 Å². The Kier molecular flexibility index (Phi) is 53.7. The average molecular weight is 1220 g/mol. The highest BCUT2D eigenvalue weighted by molar-refractivity contribution is 5.76. The Bertz CT molecular complexity index is 1540. The third-order valence-corrected chi connectivity index (χ3v) is 18.1. The van der Waals surface area contributed by atoms with Crippen LogP contribution in [0.5, 0.6) is 0 Å². The van der Waals surface area contributed by atoms with Crippen molar-refractivity contribution in [1.29, 1.82) is 0 Å². The standard InChI is InChI=1S/C72H137NO13/c1-3-5-7-9-11-13-15-17-19-21-23-25-26-27-28-29-30-31-32-33-34-36-37-39-41-43-45-47-49-51-53-55-61(76)60(59-83-71-69(82)67(80)70(63(58-75)85-71)86-72-68(81)66(79)65(78)62(57-74)84-72)73-64(77)56-54-52-50-48-46-44-42-40-38-35-24-22-20-18-16-14-12-10-8-6-4-2/h45,47,53,55,60-63,65-72,74-76,78-82H,3-44,46,48-52,54,56-59H2,1-2H3,(H,73,77)/b47-45+,55-53+. The van der Waals surface area contributed by atoms with E-state index in [1.807, 2.05) is 6.08 Å². The van der Waals surface area contributed by atoms with Crippen molar-refractivity contribution in [1.82, 2.24) is 5.32 Å². The summed E-state index contributed by atoms with van der Waals surface area (Å²) in [5.74, 6) is -0.242. The molecule has 2 saturated heterocycles. The monoisotopic (exact) mass is 1220 g/mol. The molecule has 508 valence electrons. The zero-order chi connectivity index (χ0) is 62.3. The van der Waals surface area contributed by atoms with E-state index in [4.69, 9.17) is 18.9 Å². The molecule has 2 aliphatic rings. The van der Waals surface area contributed by atoms with Crippen LogP contribution in [-0.4, -0.2) is 140 Å². The fourth-order valence-corrected chi connectivity index (χ4v) is 12.3. The Morgan fingerprint density at radius 1 is 0.407 bits per heavy atom. The summed E-state index contributed by atoms with van der Waals surface area (Å²) >= 11 is 0. The minimum Gasteiger partial charge on any atom is -0.394 e. The topological polar surface area (TPSA) is 228 Å². The normalized spacial score (nSPS) is 23.5. The van der Waals surface area contributed by atoms with Crippen LogP contribution < -0.4 is 5.32 Å². The van der Waals surface area contributed by atoms with Gasteiger partial charge in [-0.05, 0) is 32.1 Å². The third kappa shape index (κ3) is 41.1. The Balaban J connectivity index is 1.67. The molecule has 0 aromatic carbocycles. The van der Waals surface area contributed by atoms with Crippen LogP contribution in [0.3, 0.4) is 0 Å². The molecule has 0 aliphatic carbocycles. The molecule has 12 unspecified atom stereocenters. The molecular formula is C72H137NO13. The second-order valence-corrected chi connectivity index (χ2v) is 26.1. The van der Waals surface area contributed by atoms with Crippen LogP contribution in [-0.2, 0) is 23.7 Å². The highest BCUT2D eigenvalue weighted by atomic mass is 16.7. The molecule has 2 aliphatic heterocycles. The molecular weight excluding hydrogens is 1090 g/mol. The van der Waals surface area contributed by atoms with E-state index in [0.29, 0.717) is 12.8 Å². The van der Waals surface area contributed by atoms with E-state index in [9.17, 15) is 45.6 Å². The maximum atomic E-state index is 13.3. The van der Waals surface area contributed by atoms with Crippen LogP contribution in [0.15, 0.2) is 24.3 Å². The summed E-state index contributed by atoms with van der Waals surface area (Å²) in [7, 11) is 0. The van der Waals surface area contributed by atoms with Crippen molar-refractivity contribution in [2.24, 2.45) is 0 Å². The van der Waals surface area contributed by atoms with Gasteiger partial charge in [-0.15, -0.1) is 0 Å². The summed E-state index contributed by atoms with van der Waals surface area (Å²) in [6.07, 6.45) is 55.4. The number of carbonyl (C=O) groups is 1. The number of aliphatic hydroxyl groups is 8. The maximum absolute atomic E-state index is 13.3. The van der Waals surface area contributed by atoms with Crippen LogP contribution in [0, 0.1) is 0 Å². The van der Waals surface area contributed by atoms with E-state index in [1.165, 1.54) is 270 Å². The van der Waals surface area contributed by atoms with E-state index in [1.54, 1.807) is 6.08 Å². The molecule has 1 amide bonds. The fraction of sp³-hybridized carbons (Fsp3) is 0.931. The van der Waals surface area contributed by atoms with Crippen molar-refractivity contribution in [3.63, 3.8) is 0 Å². The van der Waals surface area contributed by atoms with Gasteiger partial charge in [-0.3, -0.25) is 4.79 Å². The molecule has 2 fully saturated rings. The number of unbranched alkanes of at least 4 members (excludes halogenated alkanes) is 46. The van der Waals surface area contributed by atoms with Gasteiger partial charge in [0.05, 0.1) is 32.0 Å². The molecule has 12 atom stereocenters. The number of nitrogens with one attached hydrogen (secondary N) is 1. The van der Waals surface area contributed by atoms with Crippen LogP contribution in [0.4, 0.5) is 0 Å². The zero-order valence-corrected chi connectivity index (χ0v) is 55.3. The largest absolute Gasteiger partial charge is 0.394 e. The van der Waals surface area contributed by atoms with E-state index in [0.717, 1.165) is 32.1 Å². The fourth-order valence-electron chi connectivity index (χ4n) is 12.3. The molecule has 9 N–H and O–H groups in total. The number of carbonyl (C=O) groups excluding carboxylic acids is 1. The van der Waals surface area contributed by atoms with Crippen LogP contribution in [0.25, 0.3) is 0 Å². The molecule has 0 saturated carbocycles. The van der Waals surface area contributed by atoms with Gasteiger partial charge in [0.1, 0.15) is 48.8 Å². The predicted molar refractivity (Wildman–Crippen MR) is 351 cm³/mol. The molecule has 0 spiro atoms. The highest BCUT2D eigenvalue weighted by Crippen LogP contribution is 2.30. The van der Waals surface area contributed by atoms with Gasteiger partial charge in [0, 0.05) is 6.42 Å². The summed E-state index contributed by atoms with van der Waals surface area (Å²) in [6, 6.07) is -0.929. The summed E-state index contributed by atoms with van der Waals surface area (Å²) in [5.41, 5.74) is 0. The summed E-state index contributed by atoms with van der Waals surface area (Å²) in [5, 5.41) is 87.4. The second kappa shape index (κ2) is 57.4. The lowest BCUT2D eigenvalue weighted by atomic mass is 9.97. The zero-order valence-electron chi connectivity index (χ0n) is 55.3. The van der Waals surface area contributed by atoms with E-state index in [2.05, 4.69) is 31.3 Å². The number of allylic oxidation sites excluding steroid dienone is 3. The average Bonchev–Trinajstić information content (AvgIpc) is 2.54.